The van der Waals surface area contributed by atoms with E-state index in [0.717, 1.165) is 6.42 Å². The van der Waals surface area contributed by atoms with Crippen LogP contribution in [0.25, 0.3) is 10.9 Å². The van der Waals surface area contributed by atoms with Gasteiger partial charge in [-0.3, -0.25) is 14.2 Å². The minimum absolute atomic E-state index is 0.0956. The zero-order valence-electron chi connectivity index (χ0n) is 14.5. The van der Waals surface area contributed by atoms with Crippen molar-refractivity contribution in [3.05, 3.63) is 34.6 Å². The lowest BCUT2D eigenvalue weighted by Crippen LogP contribution is -2.28. The number of nitrogens with one attached hydrogen (secondary N) is 1. The van der Waals surface area contributed by atoms with E-state index in [-0.39, 0.29) is 17.2 Å². The zero-order chi connectivity index (χ0) is 18.1. The first-order valence-electron chi connectivity index (χ1n) is 8.04. The largest absolute Gasteiger partial charge is 0.385 e. The molecule has 1 N–H and O–H groups in total. The maximum absolute atomic E-state index is 12.7. The minimum atomic E-state index is -0.120. The van der Waals surface area contributed by atoms with Crippen molar-refractivity contribution >= 4 is 28.6 Å². The van der Waals surface area contributed by atoms with Gasteiger partial charge in [0, 0.05) is 27.4 Å². The fraction of sp³-hybridized carbons (Fsp3) is 0.471. The third-order valence-electron chi connectivity index (χ3n) is 3.53. The number of nitrogens with zero attached hydrogens (tertiary/aromatic N) is 2. The zero-order valence-corrected chi connectivity index (χ0v) is 15.3. The second-order valence-electron chi connectivity index (χ2n) is 5.35. The number of amides is 1. The lowest BCUT2D eigenvalue weighted by atomic mass is 10.2. The Kier molecular flexibility index (Phi) is 7.90. The third kappa shape index (κ3) is 5.55. The first-order valence-corrected chi connectivity index (χ1v) is 9.03. The molecule has 0 saturated carbocycles. The average Bonchev–Trinajstić information content (AvgIpc) is 2.63. The maximum Gasteiger partial charge on any atom is 0.262 e. The van der Waals surface area contributed by atoms with Gasteiger partial charge in [-0.05, 0) is 18.6 Å². The van der Waals surface area contributed by atoms with Crippen molar-refractivity contribution in [3.8, 4) is 0 Å². The van der Waals surface area contributed by atoms with Gasteiger partial charge in [-0.2, -0.15) is 0 Å². The van der Waals surface area contributed by atoms with Crippen LogP contribution in [0.1, 0.15) is 6.42 Å². The molecule has 0 radical (unpaired) electrons. The molecule has 1 heterocycles. The van der Waals surface area contributed by atoms with E-state index >= 15 is 0 Å². The van der Waals surface area contributed by atoms with Crippen molar-refractivity contribution in [1.82, 2.24) is 14.9 Å². The van der Waals surface area contributed by atoms with Gasteiger partial charge < -0.3 is 14.8 Å². The molecule has 25 heavy (non-hydrogen) atoms. The number of carbonyl (C=O) groups is 1. The average molecular weight is 365 g/mol. The Morgan fingerprint density at radius 1 is 1.24 bits per heavy atom. The van der Waals surface area contributed by atoms with Gasteiger partial charge >= 0.3 is 0 Å². The van der Waals surface area contributed by atoms with E-state index in [1.807, 2.05) is 12.1 Å². The molecule has 1 amide bonds. The predicted molar refractivity (Wildman–Crippen MR) is 98.1 cm³/mol. The van der Waals surface area contributed by atoms with Crippen LogP contribution in [0.15, 0.2) is 34.2 Å². The van der Waals surface area contributed by atoms with Crippen LogP contribution >= 0.6 is 11.8 Å². The Morgan fingerprint density at radius 2 is 2.00 bits per heavy atom. The number of thioether (sulfide) groups is 1. The standard InChI is InChI=1S/C17H23N3O4S/c1-23-10-5-8-18-15(21)12-25-17-19-14-7-4-3-6-13(14)16(22)20(17)9-11-24-2/h3-4,6-7H,5,8-12H2,1-2H3,(H,18,21). The van der Waals surface area contributed by atoms with E-state index < -0.39 is 0 Å². The van der Waals surface area contributed by atoms with Gasteiger partial charge in [-0.1, -0.05) is 23.9 Å². The van der Waals surface area contributed by atoms with Crippen LogP contribution in [0.3, 0.4) is 0 Å². The molecule has 0 saturated heterocycles. The fourth-order valence-corrected chi connectivity index (χ4v) is 3.12. The first-order chi connectivity index (χ1) is 12.2. The molecular formula is C17H23N3O4S. The number of benzene rings is 1. The highest BCUT2D eigenvalue weighted by molar-refractivity contribution is 7.99. The van der Waals surface area contributed by atoms with E-state index in [9.17, 15) is 9.59 Å². The number of hydrogen-bond donors (Lipinski definition) is 1. The summed E-state index contributed by atoms with van der Waals surface area (Å²) in [5, 5.41) is 3.91. The molecule has 0 bridgehead atoms. The van der Waals surface area contributed by atoms with Crippen LogP contribution in [0.4, 0.5) is 0 Å². The van der Waals surface area contributed by atoms with Crippen molar-refractivity contribution in [2.45, 2.75) is 18.1 Å². The van der Waals surface area contributed by atoms with Gasteiger partial charge in [0.2, 0.25) is 5.91 Å². The number of para-hydroxylation sites is 1. The van der Waals surface area contributed by atoms with Crippen LogP contribution < -0.4 is 10.9 Å². The molecule has 0 fully saturated rings. The molecule has 1 aromatic carbocycles. The van der Waals surface area contributed by atoms with E-state index in [2.05, 4.69) is 10.3 Å². The van der Waals surface area contributed by atoms with Crippen molar-refractivity contribution in [2.24, 2.45) is 0 Å². The summed E-state index contributed by atoms with van der Waals surface area (Å²) in [6.45, 7) is 1.97. The number of hydrogen-bond acceptors (Lipinski definition) is 6. The first kappa shape index (κ1) is 19.4. The normalized spacial score (nSPS) is 11.0. The van der Waals surface area contributed by atoms with Crippen molar-refractivity contribution in [2.75, 3.05) is 39.7 Å². The number of aromatic nitrogens is 2. The highest BCUT2D eigenvalue weighted by Crippen LogP contribution is 2.17. The molecule has 0 unspecified atom stereocenters. The summed E-state index contributed by atoms with van der Waals surface area (Å²) in [7, 11) is 3.21. The Labute approximate surface area is 150 Å². The Morgan fingerprint density at radius 3 is 2.76 bits per heavy atom. The molecule has 0 aliphatic heterocycles. The minimum Gasteiger partial charge on any atom is -0.385 e. The molecule has 2 rings (SSSR count). The van der Waals surface area contributed by atoms with Crippen LogP contribution in [0, 0.1) is 0 Å². The van der Waals surface area contributed by atoms with Crippen molar-refractivity contribution in [1.29, 1.82) is 0 Å². The van der Waals surface area contributed by atoms with Crippen molar-refractivity contribution in [3.63, 3.8) is 0 Å². The molecule has 2 aromatic rings. The fourth-order valence-electron chi connectivity index (χ4n) is 2.26. The molecule has 136 valence electrons. The van der Waals surface area contributed by atoms with Gasteiger partial charge in [0.15, 0.2) is 5.16 Å². The van der Waals surface area contributed by atoms with Gasteiger partial charge in [0.1, 0.15) is 0 Å². The summed E-state index contributed by atoms with van der Waals surface area (Å²) < 4.78 is 11.6. The van der Waals surface area contributed by atoms with Gasteiger partial charge in [0.05, 0.1) is 29.8 Å². The highest BCUT2D eigenvalue weighted by Gasteiger charge is 2.13. The molecule has 0 atom stereocenters. The highest BCUT2D eigenvalue weighted by atomic mass is 32.2. The maximum atomic E-state index is 12.7. The summed E-state index contributed by atoms with van der Waals surface area (Å²) in [6.07, 6.45) is 0.764. The Bertz CT molecular complexity index is 763. The van der Waals surface area contributed by atoms with Crippen LogP contribution in [0.5, 0.6) is 0 Å². The number of carbonyl (C=O) groups excluding carboxylic acids is 1. The summed E-state index contributed by atoms with van der Waals surface area (Å²) in [4.78, 5) is 29.2. The lowest BCUT2D eigenvalue weighted by Gasteiger charge is -2.12. The van der Waals surface area contributed by atoms with E-state index in [1.54, 1.807) is 30.9 Å². The third-order valence-corrected chi connectivity index (χ3v) is 4.50. The topological polar surface area (TPSA) is 82.5 Å². The number of ether oxygens (including phenoxy) is 2. The molecule has 8 heteroatoms. The van der Waals surface area contributed by atoms with Gasteiger partial charge in [-0.15, -0.1) is 0 Å². The summed E-state index contributed by atoms with van der Waals surface area (Å²) in [5.41, 5.74) is 0.509. The monoisotopic (exact) mass is 365 g/mol. The second-order valence-corrected chi connectivity index (χ2v) is 6.29. The smallest absolute Gasteiger partial charge is 0.262 e. The molecule has 1 aromatic heterocycles. The molecule has 0 aliphatic carbocycles. The lowest BCUT2D eigenvalue weighted by molar-refractivity contribution is -0.118. The molecule has 0 spiro atoms. The summed E-state index contributed by atoms with van der Waals surface area (Å²) >= 11 is 1.25. The predicted octanol–water partition coefficient (Wildman–Crippen LogP) is 1.29. The van der Waals surface area contributed by atoms with Crippen LogP contribution in [0.2, 0.25) is 0 Å². The van der Waals surface area contributed by atoms with Gasteiger partial charge in [-0.25, -0.2) is 4.98 Å². The summed E-state index contributed by atoms with van der Waals surface area (Å²) in [5.74, 6) is 0.104. The Balaban J connectivity index is 2.12. The number of rotatable bonds is 10. The molecule has 7 nitrogen and oxygen atoms in total. The number of methoxy groups -OCH3 is 2. The second kappa shape index (κ2) is 10.2. The van der Waals surface area contributed by atoms with E-state index in [4.69, 9.17) is 9.47 Å². The molecule has 0 aliphatic rings. The van der Waals surface area contributed by atoms with E-state index in [1.165, 1.54) is 11.8 Å². The van der Waals surface area contributed by atoms with Crippen LogP contribution in [-0.4, -0.2) is 55.2 Å². The van der Waals surface area contributed by atoms with Gasteiger partial charge in [0.25, 0.3) is 5.56 Å². The summed E-state index contributed by atoms with van der Waals surface area (Å²) in [6, 6.07) is 7.20. The Hall–Kier alpha value is -1.90. The molecular weight excluding hydrogens is 342 g/mol. The van der Waals surface area contributed by atoms with Crippen LogP contribution in [-0.2, 0) is 20.8 Å². The van der Waals surface area contributed by atoms with E-state index in [0.29, 0.717) is 42.4 Å². The SMILES string of the molecule is COCCCNC(=O)CSc1nc2ccccc2c(=O)n1CCOC. The quantitative estimate of drug-likeness (QED) is 0.388. The van der Waals surface area contributed by atoms with Crippen molar-refractivity contribution < 1.29 is 14.3 Å². The number of fused-ring (bicyclic) bond motifs is 1.